The summed E-state index contributed by atoms with van der Waals surface area (Å²) >= 11 is 6.96. The summed E-state index contributed by atoms with van der Waals surface area (Å²) in [5, 5.41) is 0. The van der Waals surface area contributed by atoms with E-state index >= 15 is 0 Å². The maximum atomic E-state index is 11.8. The molecule has 0 fully saturated rings. The van der Waals surface area contributed by atoms with E-state index in [1.54, 1.807) is 13.0 Å². The summed E-state index contributed by atoms with van der Waals surface area (Å²) in [7, 11) is 0. The van der Waals surface area contributed by atoms with Crippen molar-refractivity contribution in [2.75, 3.05) is 6.61 Å². The lowest BCUT2D eigenvalue weighted by atomic mass is 10.1. The molecular weight excluding hydrogens is 478 g/mol. The number of benzene rings is 2. The first kappa shape index (κ1) is 19.6. The van der Waals surface area contributed by atoms with Crippen LogP contribution in [0.1, 0.15) is 25.0 Å². The van der Waals surface area contributed by atoms with E-state index in [9.17, 15) is 4.79 Å². The number of halogens is 2. The van der Waals surface area contributed by atoms with Crippen molar-refractivity contribution in [3.8, 4) is 11.5 Å². The number of hydrogen-bond donors (Lipinski definition) is 0. The van der Waals surface area contributed by atoms with Crippen molar-refractivity contribution in [2.45, 2.75) is 20.5 Å². The van der Waals surface area contributed by atoms with E-state index in [1.807, 2.05) is 43.3 Å². The molecule has 3 rings (SSSR count). The first-order valence-corrected chi connectivity index (χ1v) is 9.87. The number of nitrogens with zero attached hydrogens (tertiary/aromatic N) is 1. The van der Waals surface area contributed by atoms with E-state index in [4.69, 9.17) is 14.2 Å². The predicted molar refractivity (Wildman–Crippen MR) is 111 cm³/mol. The maximum Gasteiger partial charge on any atom is 0.363 e. The first-order chi connectivity index (χ1) is 13.0. The standard InChI is InChI=1S/C20H17Br2NO4/c1-3-25-18-10-14(9-17-20(24)27-12(2)23-17)8-16(22)19(18)26-11-13-4-6-15(21)7-5-13/h4-10H,3,11H2,1-2H3/b17-9+. The van der Waals surface area contributed by atoms with Gasteiger partial charge in [0.2, 0.25) is 0 Å². The highest BCUT2D eigenvalue weighted by molar-refractivity contribution is 9.10. The van der Waals surface area contributed by atoms with Gasteiger partial charge in [-0.2, -0.15) is 0 Å². The van der Waals surface area contributed by atoms with E-state index in [2.05, 4.69) is 36.9 Å². The number of rotatable bonds is 6. The Kier molecular flexibility index (Phi) is 6.34. The Bertz CT molecular complexity index is 920. The average Bonchev–Trinajstić information content (AvgIpc) is 2.93. The largest absolute Gasteiger partial charge is 0.490 e. The molecule has 2 aromatic rings. The maximum absolute atomic E-state index is 11.8. The van der Waals surface area contributed by atoms with Gasteiger partial charge in [0.25, 0.3) is 0 Å². The van der Waals surface area contributed by atoms with Gasteiger partial charge in [0.15, 0.2) is 23.1 Å². The van der Waals surface area contributed by atoms with Crippen molar-refractivity contribution in [1.82, 2.24) is 0 Å². The third-order valence-corrected chi connectivity index (χ3v) is 4.78. The lowest BCUT2D eigenvalue weighted by Gasteiger charge is -2.15. The van der Waals surface area contributed by atoms with Gasteiger partial charge in [-0.15, -0.1) is 0 Å². The fourth-order valence-electron chi connectivity index (χ4n) is 2.48. The summed E-state index contributed by atoms with van der Waals surface area (Å²) in [4.78, 5) is 15.8. The number of carbonyl (C=O) groups excluding carboxylic acids is 1. The van der Waals surface area contributed by atoms with Crippen molar-refractivity contribution in [1.29, 1.82) is 0 Å². The molecule has 0 unspecified atom stereocenters. The summed E-state index contributed by atoms with van der Waals surface area (Å²) < 4.78 is 18.4. The zero-order valence-corrected chi connectivity index (χ0v) is 18.0. The molecule has 0 spiro atoms. The van der Waals surface area contributed by atoms with Crippen LogP contribution >= 0.6 is 31.9 Å². The Morgan fingerprint density at radius 2 is 1.89 bits per heavy atom. The Morgan fingerprint density at radius 1 is 1.15 bits per heavy atom. The Balaban J connectivity index is 1.87. The summed E-state index contributed by atoms with van der Waals surface area (Å²) in [6, 6.07) is 11.6. The molecule has 0 saturated heterocycles. The van der Waals surface area contributed by atoms with Crippen LogP contribution in [0.2, 0.25) is 0 Å². The molecule has 0 amide bonds. The van der Waals surface area contributed by atoms with Gasteiger partial charge in [0, 0.05) is 11.4 Å². The fourth-order valence-corrected chi connectivity index (χ4v) is 3.32. The van der Waals surface area contributed by atoms with Gasteiger partial charge in [-0.25, -0.2) is 9.79 Å². The Hall–Kier alpha value is -2.12. The van der Waals surface area contributed by atoms with Crippen LogP contribution in [0.15, 0.2) is 56.0 Å². The van der Waals surface area contributed by atoms with Crippen LogP contribution in [0, 0.1) is 0 Å². The van der Waals surface area contributed by atoms with Crippen LogP contribution in [0.3, 0.4) is 0 Å². The van der Waals surface area contributed by atoms with E-state index in [-0.39, 0.29) is 5.70 Å². The molecule has 0 aliphatic carbocycles. The van der Waals surface area contributed by atoms with Gasteiger partial charge < -0.3 is 14.2 Å². The SMILES string of the molecule is CCOc1cc(/C=C2/N=C(C)OC2=O)cc(Br)c1OCc1ccc(Br)cc1. The van der Waals surface area contributed by atoms with Crippen molar-refractivity contribution in [3.63, 3.8) is 0 Å². The second-order valence-electron chi connectivity index (χ2n) is 5.73. The highest BCUT2D eigenvalue weighted by atomic mass is 79.9. The van der Waals surface area contributed by atoms with Crippen molar-refractivity contribution >= 4 is 49.8 Å². The smallest absolute Gasteiger partial charge is 0.363 e. The minimum Gasteiger partial charge on any atom is -0.490 e. The van der Waals surface area contributed by atoms with E-state index in [1.165, 1.54) is 0 Å². The van der Waals surface area contributed by atoms with Crippen LogP contribution < -0.4 is 9.47 Å². The number of ether oxygens (including phenoxy) is 3. The normalized spacial score (nSPS) is 14.9. The quantitative estimate of drug-likeness (QED) is 0.392. The number of cyclic esters (lactones) is 1. The van der Waals surface area contributed by atoms with Gasteiger partial charge in [-0.05, 0) is 64.3 Å². The third kappa shape index (κ3) is 4.99. The van der Waals surface area contributed by atoms with E-state index in [0.29, 0.717) is 30.6 Å². The van der Waals surface area contributed by atoms with Crippen LogP contribution in [-0.4, -0.2) is 18.5 Å². The molecule has 1 aliphatic rings. The number of esters is 1. The summed E-state index contributed by atoms with van der Waals surface area (Å²) in [5.41, 5.74) is 2.05. The fraction of sp³-hybridized carbons (Fsp3) is 0.200. The van der Waals surface area contributed by atoms with Crippen LogP contribution in [0.4, 0.5) is 0 Å². The van der Waals surface area contributed by atoms with Crippen molar-refractivity contribution < 1.29 is 19.0 Å². The highest BCUT2D eigenvalue weighted by Gasteiger charge is 2.20. The molecule has 27 heavy (non-hydrogen) atoms. The summed E-state index contributed by atoms with van der Waals surface area (Å²) in [5.74, 6) is 1.07. The minimum atomic E-state index is -0.461. The Labute approximate surface area is 174 Å². The van der Waals surface area contributed by atoms with E-state index < -0.39 is 5.97 Å². The Morgan fingerprint density at radius 3 is 2.52 bits per heavy atom. The topological polar surface area (TPSA) is 57.1 Å². The number of hydrogen-bond acceptors (Lipinski definition) is 5. The average molecular weight is 495 g/mol. The molecule has 0 bridgehead atoms. The molecule has 0 radical (unpaired) electrons. The zero-order chi connectivity index (χ0) is 19.4. The second-order valence-corrected chi connectivity index (χ2v) is 7.50. The molecule has 0 saturated carbocycles. The molecule has 2 aromatic carbocycles. The lowest BCUT2D eigenvalue weighted by molar-refractivity contribution is -0.130. The van der Waals surface area contributed by atoms with Gasteiger partial charge in [0.05, 0.1) is 11.1 Å². The van der Waals surface area contributed by atoms with Gasteiger partial charge in [0.1, 0.15) is 6.61 Å². The third-order valence-electron chi connectivity index (χ3n) is 3.66. The zero-order valence-electron chi connectivity index (χ0n) is 14.8. The van der Waals surface area contributed by atoms with Crippen molar-refractivity contribution in [3.05, 3.63) is 62.2 Å². The van der Waals surface area contributed by atoms with Crippen molar-refractivity contribution in [2.24, 2.45) is 4.99 Å². The van der Waals surface area contributed by atoms with Gasteiger partial charge in [-0.1, -0.05) is 28.1 Å². The molecule has 140 valence electrons. The first-order valence-electron chi connectivity index (χ1n) is 8.29. The van der Waals surface area contributed by atoms with Gasteiger partial charge in [-0.3, -0.25) is 0 Å². The lowest BCUT2D eigenvalue weighted by Crippen LogP contribution is -2.02. The summed E-state index contributed by atoms with van der Waals surface area (Å²) in [6.45, 7) is 4.43. The summed E-state index contributed by atoms with van der Waals surface area (Å²) in [6.07, 6.45) is 1.66. The molecule has 1 aliphatic heterocycles. The number of carbonyl (C=O) groups is 1. The number of aliphatic imine (C=N–C) groups is 1. The van der Waals surface area contributed by atoms with Crippen LogP contribution in [0.5, 0.6) is 11.5 Å². The molecule has 0 atom stereocenters. The second kappa shape index (κ2) is 8.71. The molecule has 7 heteroatoms. The molecule has 0 N–H and O–H groups in total. The van der Waals surface area contributed by atoms with Crippen LogP contribution in [-0.2, 0) is 16.1 Å². The monoisotopic (exact) mass is 493 g/mol. The minimum absolute atomic E-state index is 0.255. The molecule has 5 nitrogen and oxygen atoms in total. The molecular formula is C20H17Br2NO4. The highest BCUT2D eigenvalue weighted by Crippen LogP contribution is 2.38. The predicted octanol–water partition coefficient (Wildman–Crippen LogP) is 5.51. The van der Waals surface area contributed by atoms with E-state index in [0.717, 1.165) is 20.1 Å². The van der Waals surface area contributed by atoms with Crippen LogP contribution in [0.25, 0.3) is 6.08 Å². The molecule has 1 heterocycles. The molecule has 0 aromatic heterocycles. The van der Waals surface area contributed by atoms with Gasteiger partial charge >= 0.3 is 5.97 Å².